The fourth-order valence-corrected chi connectivity index (χ4v) is 1.95. The maximum Gasteiger partial charge on any atom is 0.276 e. The van der Waals surface area contributed by atoms with E-state index in [4.69, 9.17) is 4.74 Å². The number of hydrogen-bond donors (Lipinski definition) is 2. The van der Waals surface area contributed by atoms with Crippen molar-refractivity contribution in [3.05, 3.63) is 71.3 Å². The second-order valence-electron chi connectivity index (χ2n) is 5.34. The van der Waals surface area contributed by atoms with Crippen molar-refractivity contribution in [3.63, 3.8) is 0 Å². The molecule has 124 valence electrons. The van der Waals surface area contributed by atoms with Crippen LogP contribution >= 0.6 is 0 Å². The SMILES string of the molecule is Cc1ccc(C)c(OCC(=O)NNC(=O)/C=C/c2ccccc2)c1. The first-order valence-corrected chi connectivity index (χ1v) is 7.56. The van der Waals surface area contributed by atoms with E-state index in [1.54, 1.807) is 6.08 Å². The lowest BCUT2D eigenvalue weighted by molar-refractivity contribution is -0.128. The van der Waals surface area contributed by atoms with Gasteiger partial charge in [0.05, 0.1) is 0 Å². The molecule has 2 amide bonds. The highest BCUT2D eigenvalue weighted by Crippen LogP contribution is 2.18. The maximum atomic E-state index is 11.7. The summed E-state index contributed by atoms with van der Waals surface area (Å²) in [5, 5.41) is 0. The van der Waals surface area contributed by atoms with Crippen LogP contribution in [0.15, 0.2) is 54.6 Å². The van der Waals surface area contributed by atoms with Gasteiger partial charge in [-0.15, -0.1) is 0 Å². The van der Waals surface area contributed by atoms with Gasteiger partial charge in [-0.3, -0.25) is 20.4 Å². The van der Waals surface area contributed by atoms with Gasteiger partial charge in [0.25, 0.3) is 11.8 Å². The standard InChI is InChI=1S/C19H20N2O3/c1-14-8-9-15(2)17(12-14)24-13-19(23)21-20-18(22)11-10-16-6-4-3-5-7-16/h3-12H,13H2,1-2H3,(H,20,22)(H,21,23)/b11-10+. The van der Waals surface area contributed by atoms with E-state index in [9.17, 15) is 9.59 Å². The number of carbonyl (C=O) groups excluding carboxylic acids is 2. The van der Waals surface area contributed by atoms with Crippen LogP contribution in [0.25, 0.3) is 6.08 Å². The van der Waals surface area contributed by atoms with Crippen molar-refractivity contribution in [3.8, 4) is 5.75 Å². The van der Waals surface area contributed by atoms with Crippen molar-refractivity contribution < 1.29 is 14.3 Å². The fraction of sp³-hybridized carbons (Fsp3) is 0.158. The van der Waals surface area contributed by atoms with Crippen LogP contribution in [0, 0.1) is 13.8 Å². The second kappa shape index (κ2) is 8.53. The fourth-order valence-electron chi connectivity index (χ4n) is 1.95. The molecule has 0 atom stereocenters. The molecule has 0 saturated heterocycles. The van der Waals surface area contributed by atoms with Gasteiger partial charge in [-0.25, -0.2) is 0 Å². The third kappa shape index (κ3) is 5.61. The number of amides is 2. The number of benzene rings is 2. The van der Waals surface area contributed by atoms with Crippen molar-refractivity contribution in [2.45, 2.75) is 13.8 Å². The highest BCUT2D eigenvalue weighted by atomic mass is 16.5. The molecule has 0 heterocycles. The summed E-state index contributed by atoms with van der Waals surface area (Å²) >= 11 is 0. The van der Waals surface area contributed by atoms with Crippen molar-refractivity contribution in [2.75, 3.05) is 6.61 Å². The summed E-state index contributed by atoms with van der Waals surface area (Å²) in [5.41, 5.74) is 7.52. The predicted molar refractivity (Wildman–Crippen MR) is 93.2 cm³/mol. The minimum atomic E-state index is -0.433. The second-order valence-corrected chi connectivity index (χ2v) is 5.34. The summed E-state index contributed by atoms with van der Waals surface area (Å²) in [6.45, 7) is 3.68. The van der Waals surface area contributed by atoms with Crippen LogP contribution in [-0.2, 0) is 9.59 Å². The van der Waals surface area contributed by atoms with Crippen LogP contribution in [0.4, 0.5) is 0 Å². The van der Waals surface area contributed by atoms with E-state index in [2.05, 4.69) is 10.9 Å². The summed E-state index contributed by atoms with van der Waals surface area (Å²) in [6, 6.07) is 15.2. The van der Waals surface area contributed by atoms with Gasteiger partial charge >= 0.3 is 0 Å². The van der Waals surface area contributed by atoms with Gasteiger partial charge in [-0.2, -0.15) is 0 Å². The highest BCUT2D eigenvalue weighted by molar-refractivity contribution is 5.93. The van der Waals surface area contributed by atoms with Crippen molar-refractivity contribution in [1.82, 2.24) is 10.9 Å². The monoisotopic (exact) mass is 324 g/mol. The van der Waals surface area contributed by atoms with Gasteiger partial charge in [0.1, 0.15) is 5.75 Å². The smallest absolute Gasteiger partial charge is 0.276 e. The minimum Gasteiger partial charge on any atom is -0.483 e. The van der Waals surface area contributed by atoms with Crippen LogP contribution in [0.3, 0.4) is 0 Å². The first kappa shape index (κ1) is 17.3. The molecule has 5 heteroatoms. The van der Waals surface area contributed by atoms with Gasteiger partial charge in [0.2, 0.25) is 0 Å². The van der Waals surface area contributed by atoms with Crippen molar-refractivity contribution in [2.24, 2.45) is 0 Å². The first-order chi connectivity index (χ1) is 11.5. The lowest BCUT2D eigenvalue weighted by Crippen LogP contribution is -2.43. The molecule has 2 aromatic rings. The molecule has 2 rings (SSSR count). The molecule has 0 aromatic heterocycles. The van der Waals surface area contributed by atoms with Crippen LogP contribution in [0.5, 0.6) is 5.75 Å². The van der Waals surface area contributed by atoms with Crippen LogP contribution in [-0.4, -0.2) is 18.4 Å². The van der Waals surface area contributed by atoms with E-state index in [1.165, 1.54) is 6.08 Å². The average Bonchev–Trinajstić information content (AvgIpc) is 2.59. The Morgan fingerprint density at radius 3 is 2.54 bits per heavy atom. The quantitative estimate of drug-likeness (QED) is 0.656. The number of hydrazine groups is 1. The Morgan fingerprint density at radius 2 is 1.79 bits per heavy atom. The molecule has 0 unspecified atom stereocenters. The molecule has 0 saturated carbocycles. The first-order valence-electron chi connectivity index (χ1n) is 7.56. The van der Waals surface area contributed by atoms with Crippen LogP contribution < -0.4 is 15.6 Å². The Balaban J connectivity index is 1.75. The van der Waals surface area contributed by atoms with E-state index < -0.39 is 11.8 Å². The Hall–Kier alpha value is -3.08. The molecular weight excluding hydrogens is 304 g/mol. The predicted octanol–water partition coefficient (Wildman–Crippen LogP) is 2.54. The Morgan fingerprint density at radius 1 is 1.04 bits per heavy atom. The molecule has 0 radical (unpaired) electrons. The summed E-state index contributed by atoms with van der Waals surface area (Å²) in [7, 11) is 0. The van der Waals surface area contributed by atoms with Gasteiger partial charge in [-0.05, 0) is 42.7 Å². The van der Waals surface area contributed by atoms with Crippen LogP contribution in [0.2, 0.25) is 0 Å². The number of nitrogens with one attached hydrogen (secondary N) is 2. The van der Waals surface area contributed by atoms with Gasteiger partial charge in [0, 0.05) is 6.08 Å². The third-order valence-electron chi connectivity index (χ3n) is 3.25. The molecule has 5 nitrogen and oxygen atoms in total. The molecule has 0 spiro atoms. The highest BCUT2D eigenvalue weighted by Gasteiger charge is 2.06. The van der Waals surface area contributed by atoms with Crippen molar-refractivity contribution >= 4 is 17.9 Å². The number of aryl methyl sites for hydroxylation is 2. The van der Waals surface area contributed by atoms with E-state index >= 15 is 0 Å². The topological polar surface area (TPSA) is 67.4 Å². The van der Waals surface area contributed by atoms with Crippen LogP contribution in [0.1, 0.15) is 16.7 Å². The molecule has 0 aliphatic carbocycles. The Kier molecular flexibility index (Phi) is 6.14. The maximum absolute atomic E-state index is 11.7. The lowest BCUT2D eigenvalue weighted by Gasteiger charge is -2.10. The number of carbonyl (C=O) groups is 2. The molecule has 24 heavy (non-hydrogen) atoms. The zero-order valence-corrected chi connectivity index (χ0v) is 13.7. The molecular formula is C19H20N2O3. The zero-order valence-electron chi connectivity index (χ0n) is 13.7. The largest absolute Gasteiger partial charge is 0.483 e. The van der Waals surface area contributed by atoms with E-state index in [0.29, 0.717) is 5.75 Å². The van der Waals surface area contributed by atoms with Gasteiger partial charge in [0.15, 0.2) is 6.61 Å². The molecule has 0 aliphatic heterocycles. The third-order valence-corrected chi connectivity index (χ3v) is 3.25. The normalized spacial score (nSPS) is 10.4. The Labute approximate surface area is 141 Å². The van der Waals surface area contributed by atoms with E-state index in [0.717, 1.165) is 16.7 Å². The average molecular weight is 324 g/mol. The van der Waals surface area contributed by atoms with Gasteiger partial charge in [-0.1, -0.05) is 42.5 Å². The summed E-state index contributed by atoms with van der Waals surface area (Å²) < 4.78 is 5.46. The lowest BCUT2D eigenvalue weighted by atomic mass is 10.1. The Bertz CT molecular complexity index is 740. The summed E-state index contributed by atoms with van der Waals surface area (Å²) in [5.74, 6) is -0.197. The van der Waals surface area contributed by atoms with E-state index in [1.807, 2.05) is 62.4 Å². The molecule has 0 bridgehead atoms. The molecule has 2 aromatic carbocycles. The van der Waals surface area contributed by atoms with E-state index in [-0.39, 0.29) is 6.61 Å². The summed E-state index contributed by atoms with van der Waals surface area (Å²) in [6.07, 6.45) is 3.01. The number of rotatable bonds is 5. The molecule has 0 aliphatic rings. The molecule has 0 fully saturated rings. The zero-order chi connectivity index (χ0) is 17.4. The van der Waals surface area contributed by atoms with Gasteiger partial charge < -0.3 is 4.74 Å². The summed E-state index contributed by atoms with van der Waals surface area (Å²) in [4.78, 5) is 23.4. The number of ether oxygens (including phenoxy) is 1. The van der Waals surface area contributed by atoms with Crippen molar-refractivity contribution in [1.29, 1.82) is 0 Å². The number of hydrogen-bond acceptors (Lipinski definition) is 3. The minimum absolute atomic E-state index is 0.174. The molecule has 2 N–H and O–H groups in total.